The van der Waals surface area contributed by atoms with Gasteiger partial charge in [0.25, 0.3) is 0 Å². The molecule has 3 aromatic rings. The largest absolute Gasteiger partial charge is 0.375 e. The van der Waals surface area contributed by atoms with E-state index in [9.17, 15) is 13.9 Å². The maximum atomic E-state index is 15.2. The van der Waals surface area contributed by atoms with Gasteiger partial charge in [0.05, 0.1) is 48.7 Å². The molecule has 2 aromatic heterocycles. The lowest BCUT2D eigenvalue weighted by atomic mass is 9.90. The summed E-state index contributed by atoms with van der Waals surface area (Å²) in [6.45, 7) is 0.0759. The summed E-state index contributed by atoms with van der Waals surface area (Å²) in [6, 6.07) is 3.64. The van der Waals surface area contributed by atoms with Gasteiger partial charge in [-0.25, -0.2) is 22.5 Å². The predicted octanol–water partition coefficient (Wildman–Crippen LogP) is 3.39. The van der Waals surface area contributed by atoms with Crippen LogP contribution in [0.2, 0.25) is 0 Å². The number of aliphatic hydroxyl groups excluding tert-OH is 1. The van der Waals surface area contributed by atoms with Crippen molar-refractivity contribution in [3.8, 4) is 11.3 Å². The molecule has 4 heterocycles. The Morgan fingerprint density at radius 3 is 2.54 bits per heavy atom. The van der Waals surface area contributed by atoms with Crippen molar-refractivity contribution in [2.45, 2.75) is 43.0 Å². The molecule has 1 aromatic carbocycles. The summed E-state index contributed by atoms with van der Waals surface area (Å²) in [5.41, 5.74) is 4.59. The van der Waals surface area contributed by atoms with Gasteiger partial charge >= 0.3 is 0 Å². The van der Waals surface area contributed by atoms with E-state index < -0.39 is 58.9 Å². The quantitative estimate of drug-likeness (QED) is 0.302. The number of alkyl halides is 1. The number of nitrogens with zero attached hydrogens (tertiary/aromatic N) is 3. The van der Waals surface area contributed by atoms with Crippen LogP contribution in [0.25, 0.3) is 11.3 Å². The summed E-state index contributed by atoms with van der Waals surface area (Å²) < 4.78 is 76.9. The summed E-state index contributed by atoms with van der Waals surface area (Å²) >= 11 is 0. The van der Waals surface area contributed by atoms with Gasteiger partial charge < -0.3 is 30.4 Å². The number of methoxy groups -OCH3 is 1. The number of anilines is 1. The van der Waals surface area contributed by atoms with Crippen LogP contribution in [0.1, 0.15) is 42.1 Å². The fourth-order valence-corrected chi connectivity index (χ4v) is 4.85. The third kappa shape index (κ3) is 5.12. The number of hydrogen-bond donors (Lipinski definition) is 3. The van der Waals surface area contributed by atoms with E-state index in [-0.39, 0.29) is 31.1 Å². The van der Waals surface area contributed by atoms with Crippen molar-refractivity contribution in [1.29, 1.82) is 0 Å². The molecule has 2 fully saturated rings. The second-order valence-electron chi connectivity index (χ2n) is 9.77. The first-order valence-electron chi connectivity index (χ1n) is 12.4. The number of nitrogens with one attached hydrogen (secondary N) is 1. The van der Waals surface area contributed by atoms with Crippen LogP contribution in [0.5, 0.6) is 0 Å². The fraction of sp³-hybridized carbons (Fsp3) is 0.462. The Morgan fingerprint density at radius 2 is 1.90 bits per heavy atom. The Kier molecular flexibility index (Phi) is 7.62. The summed E-state index contributed by atoms with van der Waals surface area (Å²) in [5.74, 6) is -3.05. The van der Waals surface area contributed by atoms with E-state index >= 15 is 8.78 Å². The third-order valence-electron chi connectivity index (χ3n) is 7.28. The Hall–Kier alpha value is -3.10. The molecular weight excluding hydrogens is 522 g/mol. The van der Waals surface area contributed by atoms with E-state index in [0.29, 0.717) is 24.2 Å². The standard InChI is InChI=1S/C26H29F4N5O4/c1-35-24(21-6-4-18(31)17(30)10-39-21)20(9-32-35)34-25(36)19-5-3-14(27)23(33-19)22-15(28)7-13(8-16(22)29)26(37-2)11-38-12-26/h3,5,7-9,17-18,21,25,34,36H,4,6,10-12,31H2,1-2H3/t17-,18+,21-,25?/m0/s1. The first-order valence-corrected chi connectivity index (χ1v) is 12.4. The average Bonchev–Trinajstić information content (AvgIpc) is 3.14. The van der Waals surface area contributed by atoms with Crippen LogP contribution in [0.4, 0.5) is 23.2 Å². The molecule has 39 heavy (non-hydrogen) atoms. The lowest BCUT2D eigenvalue weighted by Gasteiger charge is -2.40. The van der Waals surface area contributed by atoms with Crippen LogP contribution in [-0.2, 0) is 26.9 Å². The summed E-state index contributed by atoms with van der Waals surface area (Å²) in [6.07, 6.45) is -1.11. The topological polar surface area (TPSA) is 117 Å². The first kappa shape index (κ1) is 27.5. The molecule has 0 radical (unpaired) electrons. The second-order valence-corrected chi connectivity index (χ2v) is 9.77. The van der Waals surface area contributed by atoms with Gasteiger partial charge in [-0.1, -0.05) is 0 Å². The zero-order chi connectivity index (χ0) is 27.9. The van der Waals surface area contributed by atoms with Crippen molar-refractivity contribution in [2.24, 2.45) is 12.8 Å². The molecule has 0 saturated carbocycles. The number of benzene rings is 1. The molecule has 4 N–H and O–H groups in total. The van der Waals surface area contributed by atoms with Gasteiger partial charge in [-0.3, -0.25) is 4.68 Å². The fourth-order valence-electron chi connectivity index (χ4n) is 4.85. The molecule has 0 bridgehead atoms. The molecule has 1 unspecified atom stereocenters. The van der Waals surface area contributed by atoms with Crippen LogP contribution in [0.3, 0.4) is 0 Å². The van der Waals surface area contributed by atoms with Crippen LogP contribution in [-0.4, -0.2) is 59.0 Å². The maximum absolute atomic E-state index is 15.2. The number of halogens is 4. The van der Waals surface area contributed by atoms with Gasteiger partial charge in [-0.05, 0) is 42.7 Å². The average molecular weight is 552 g/mol. The van der Waals surface area contributed by atoms with Gasteiger partial charge in [0.1, 0.15) is 41.0 Å². The zero-order valence-electron chi connectivity index (χ0n) is 21.3. The highest BCUT2D eigenvalue weighted by Crippen LogP contribution is 2.38. The van der Waals surface area contributed by atoms with Crippen LogP contribution >= 0.6 is 0 Å². The normalized spacial score (nSPS) is 23.6. The molecule has 0 spiro atoms. The molecule has 2 saturated heterocycles. The smallest absolute Gasteiger partial charge is 0.168 e. The third-order valence-corrected chi connectivity index (χ3v) is 7.28. The minimum absolute atomic E-state index is 0.0996. The van der Waals surface area contributed by atoms with Crippen LogP contribution in [0, 0.1) is 17.5 Å². The number of rotatable bonds is 7. The molecule has 2 aliphatic rings. The Labute approximate surface area is 221 Å². The van der Waals surface area contributed by atoms with Gasteiger partial charge in [-0.15, -0.1) is 0 Å². The number of aromatic nitrogens is 3. The summed E-state index contributed by atoms with van der Waals surface area (Å²) in [7, 11) is 3.08. The lowest BCUT2D eigenvalue weighted by Crippen LogP contribution is -2.48. The number of pyridine rings is 1. The van der Waals surface area contributed by atoms with Crippen molar-refractivity contribution >= 4 is 5.69 Å². The minimum Gasteiger partial charge on any atom is -0.375 e. The van der Waals surface area contributed by atoms with Gasteiger partial charge in [0.15, 0.2) is 6.23 Å². The first-order chi connectivity index (χ1) is 18.6. The van der Waals surface area contributed by atoms with E-state index in [0.717, 1.165) is 18.2 Å². The molecule has 13 heteroatoms. The highest BCUT2D eigenvalue weighted by Gasteiger charge is 2.42. The minimum atomic E-state index is -1.51. The van der Waals surface area contributed by atoms with E-state index in [1.807, 2.05) is 0 Å². The molecule has 4 atom stereocenters. The second kappa shape index (κ2) is 10.8. The molecule has 9 nitrogen and oxygen atoms in total. The number of nitrogens with two attached hydrogens (primary N) is 1. The molecule has 2 aliphatic heterocycles. The van der Waals surface area contributed by atoms with Crippen molar-refractivity contribution in [1.82, 2.24) is 14.8 Å². The van der Waals surface area contributed by atoms with Gasteiger partial charge in [0.2, 0.25) is 0 Å². The molecule has 0 amide bonds. The summed E-state index contributed by atoms with van der Waals surface area (Å²) in [4.78, 5) is 4.04. The molecular formula is C26H29F4N5O4. The van der Waals surface area contributed by atoms with Crippen molar-refractivity contribution in [2.75, 3.05) is 32.2 Å². The Balaban J connectivity index is 1.42. The van der Waals surface area contributed by atoms with Crippen LogP contribution < -0.4 is 11.1 Å². The van der Waals surface area contributed by atoms with E-state index in [1.54, 1.807) is 7.05 Å². The van der Waals surface area contributed by atoms with Crippen molar-refractivity contribution in [3.05, 3.63) is 64.9 Å². The van der Waals surface area contributed by atoms with E-state index in [4.69, 9.17) is 19.9 Å². The van der Waals surface area contributed by atoms with Gasteiger partial charge in [-0.2, -0.15) is 5.10 Å². The Bertz CT molecular complexity index is 1310. The monoisotopic (exact) mass is 551 g/mol. The van der Waals surface area contributed by atoms with Crippen molar-refractivity contribution < 1.29 is 36.9 Å². The number of hydrogen-bond acceptors (Lipinski definition) is 8. The summed E-state index contributed by atoms with van der Waals surface area (Å²) in [5, 5.41) is 17.9. The van der Waals surface area contributed by atoms with Crippen LogP contribution in [0.15, 0.2) is 30.5 Å². The maximum Gasteiger partial charge on any atom is 0.168 e. The zero-order valence-corrected chi connectivity index (χ0v) is 21.3. The van der Waals surface area contributed by atoms with E-state index in [1.165, 1.54) is 24.1 Å². The molecule has 210 valence electrons. The van der Waals surface area contributed by atoms with Gasteiger partial charge in [0, 0.05) is 20.2 Å². The number of ether oxygens (including phenoxy) is 3. The lowest BCUT2D eigenvalue weighted by molar-refractivity contribution is -0.202. The number of aliphatic hydroxyl groups is 1. The van der Waals surface area contributed by atoms with Crippen molar-refractivity contribution in [3.63, 3.8) is 0 Å². The molecule has 0 aliphatic carbocycles. The predicted molar refractivity (Wildman–Crippen MR) is 132 cm³/mol. The highest BCUT2D eigenvalue weighted by atomic mass is 19.1. The highest BCUT2D eigenvalue weighted by molar-refractivity contribution is 5.63. The Morgan fingerprint density at radius 1 is 1.18 bits per heavy atom. The SMILES string of the molecule is COC1(c2cc(F)c(-c3nc(C(O)Nc4cnn(C)c4[C@@H]4CC[C@@H](N)[C@@H](F)CO4)ccc3F)c(F)c2)COC1. The number of aryl methyl sites for hydroxylation is 1. The molecule has 5 rings (SSSR count). The van der Waals surface area contributed by atoms with E-state index in [2.05, 4.69) is 15.4 Å².